The van der Waals surface area contributed by atoms with E-state index >= 15 is 0 Å². The predicted molar refractivity (Wildman–Crippen MR) is 309 cm³/mol. The maximum atomic E-state index is 13.5. The van der Waals surface area contributed by atoms with Crippen LogP contribution in [0.3, 0.4) is 0 Å². The summed E-state index contributed by atoms with van der Waals surface area (Å²) in [4.78, 5) is 25.8. The summed E-state index contributed by atoms with van der Waals surface area (Å²) in [5.74, 6) is -2.38. The number of aromatic hydroxyl groups is 2. The standard InChI is InChI=1S/C70H92O13/c1-39-50(40(2)72)55(74)52-44(54(39)73)26-41(60(78)79)27-48(52)81-61-56(75)57(76)70-30-45-46-29-64(35-66(20-9-10-21-66)69(37-64)36-63(16-5-6-17-63)34-67(69)24-23-62(33-67)14-3-4-15-62)28-42-32-80-38-68(53(42)46,22-11-25-71)47-13-12-43(51(45)47)49(83-70)31-65(18-7-8-19-65)58(77)59(70)82-61/h13,26-27,42,45-46,49,53,56-59,61,71,73-77H,3-12,14-25,28-38H2,1-2H3,(H,78,79)/t42-,45-,46+,49+,53-,56+,57+,58-,59+,61+,64+,67-,68-,69-,70-/m0/s1. The molecule has 4 aliphatic heterocycles. The van der Waals surface area contributed by atoms with Gasteiger partial charge in [0.25, 0.3) is 0 Å². The second kappa shape index (κ2) is 18.5. The summed E-state index contributed by atoms with van der Waals surface area (Å²) < 4.78 is 28.7. The molecule has 0 unspecified atom stereocenters. The number of phenolic OH excluding ortho intramolecular Hbond substituents is 2. The van der Waals surface area contributed by atoms with Gasteiger partial charge in [0.05, 0.1) is 35.3 Å². The van der Waals surface area contributed by atoms with Gasteiger partial charge in [-0.15, -0.1) is 0 Å². The van der Waals surface area contributed by atoms with E-state index in [-0.39, 0.29) is 68.4 Å². The van der Waals surface area contributed by atoms with Crippen LogP contribution in [0.15, 0.2) is 34.9 Å². The quantitative estimate of drug-likeness (QED) is 0.102. The number of fused-ring (bicyclic) bond motifs is 7. The second-order valence-corrected chi connectivity index (χ2v) is 31.8. The lowest BCUT2D eigenvalue weighted by atomic mass is 9.42. The van der Waals surface area contributed by atoms with Crippen LogP contribution in [0.4, 0.5) is 0 Å². The molecule has 7 N–H and O–H groups in total. The number of aliphatic hydroxyl groups excluding tert-OH is 4. The van der Waals surface area contributed by atoms with Crippen LogP contribution < -0.4 is 4.74 Å². The van der Waals surface area contributed by atoms with Gasteiger partial charge < -0.3 is 54.7 Å². The van der Waals surface area contributed by atoms with Crippen molar-refractivity contribution in [1.29, 1.82) is 0 Å². The number of ether oxygens (including phenoxy) is 4. The van der Waals surface area contributed by atoms with E-state index in [9.17, 15) is 45.3 Å². The summed E-state index contributed by atoms with van der Waals surface area (Å²) >= 11 is 0. The van der Waals surface area contributed by atoms with Crippen molar-refractivity contribution in [3.63, 3.8) is 0 Å². The molecule has 2 bridgehead atoms. The molecule has 2 aromatic carbocycles. The molecule has 15 atom stereocenters. The molecule has 10 aliphatic carbocycles. The van der Waals surface area contributed by atoms with Gasteiger partial charge in [-0.3, -0.25) is 4.79 Å². The fourth-order valence-electron chi connectivity index (χ4n) is 26.0. The fraction of sp³-hybridized carbons (Fsp3) is 0.771. The molecule has 8 spiro atoms. The van der Waals surface area contributed by atoms with Gasteiger partial charge in [0.15, 0.2) is 5.78 Å². The summed E-state index contributed by atoms with van der Waals surface area (Å²) in [6.07, 6.45) is 29.6. The summed E-state index contributed by atoms with van der Waals surface area (Å²) in [6.45, 7) is 4.21. The molecule has 2 aromatic rings. The Bertz CT molecular complexity index is 3110. The zero-order chi connectivity index (χ0) is 57.1. The van der Waals surface area contributed by atoms with Gasteiger partial charge in [0.1, 0.15) is 41.2 Å². The minimum absolute atomic E-state index is 0.0702. The Morgan fingerprint density at radius 3 is 2.16 bits per heavy atom. The number of hydrogen-bond donors (Lipinski definition) is 7. The number of rotatable bonds is 7. The molecule has 0 aromatic heterocycles. The first kappa shape index (κ1) is 54.8. The highest BCUT2D eigenvalue weighted by atomic mass is 16.7. The van der Waals surface area contributed by atoms with Crippen LogP contribution in [0.5, 0.6) is 17.2 Å². The first-order valence-electron chi connectivity index (χ1n) is 33.3. The highest BCUT2D eigenvalue weighted by molar-refractivity contribution is 6.11. The number of carbonyl (C=O) groups excluding carboxylic acids is 1. The lowest BCUT2D eigenvalue weighted by Gasteiger charge is -2.64. The topological polar surface area (TPSA) is 213 Å². The minimum Gasteiger partial charge on any atom is -0.507 e. The highest BCUT2D eigenvalue weighted by Crippen LogP contribution is 2.87. The molecular weight excluding hydrogens is 1050 g/mol. The molecule has 12 fully saturated rings. The molecule has 4 heterocycles. The Kier molecular flexibility index (Phi) is 12.2. The van der Waals surface area contributed by atoms with E-state index in [4.69, 9.17) is 18.9 Å². The Hall–Kier alpha value is -3.56. The van der Waals surface area contributed by atoms with Gasteiger partial charge in [-0.2, -0.15) is 0 Å². The predicted octanol–water partition coefficient (Wildman–Crippen LogP) is 12.2. The number of carboxylic acids is 1. The third-order valence-corrected chi connectivity index (χ3v) is 28.2. The SMILES string of the molecule is CC(=O)c1c(C)c(O)c2cc(C(=O)O)cc(O[C@@H]3O[C@@H]4[C@H](O)C5(CCCC5)C[C@H]5O[C@@]4(C[C@@H]4C6=C5CC=C6[C@]5(CCCO)COC[C@@H]6C[C@@]7(C[C@H]4[C@H]65)CC4(CCCC4)[C@]4(CC5(CCCC5)C[C@@]45CCC4(CCCC4)C5)C7)[C@H](O)[C@H]3O)c2c1O. The first-order chi connectivity index (χ1) is 39.8. The van der Waals surface area contributed by atoms with Crippen LogP contribution in [-0.2, 0) is 14.2 Å². The first-order valence-corrected chi connectivity index (χ1v) is 33.3. The molecule has 83 heavy (non-hydrogen) atoms. The third kappa shape index (κ3) is 7.25. The van der Waals surface area contributed by atoms with Crippen LogP contribution in [0, 0.1) is 73.9 Å². The Labute approximate surface area is 489 Å². The van der Waals surface area contributed by atoms with Crippen molar-refractivity contribution in [2.75, 3.05) is 19.8 Å². The van der Waals surface area contributed by atoms with Crippen LogP contribution >= 0.6 is 0 Å². The molecular formula is C70H92O13. The molecule has 450 valence electrons. The molecule has 3 saturated heterocycles. The molecule has 9 saturated carbocycles. The van der Waals surface area contributed by atoms with Crippen molar-refractivity contribution in [1.82, 2.24) is 0 Å². The van der Waals surface area contributed by atoms with E-state index in [1.54, 1.807) is 0 Å². The number of phenols is 2. The van der Waals surface area contributed by atoms with Gasteiger partial charge in [0, 0.05) is 35.0 Å². The number of aromatic carboxylic acids is 1. The van der Waals surface area contributed by atoms with Gasteiger partial charge in [0.2, 0.25) is 6.29 Å². The molecule has 0 amide bonds. The van der Waals surface area contributed by atoms with Crippen molar-refractivity contribution in [2.45, 2.75) is 249 Å². The lowest BCUT2D eigenvalue weighted by molar-refractivity contribution is -0.339. The average Bonchev–Trinajstić information content (AvgIpc) is 1.56. The van der Waals surface area contributed by atoms with Crippen molar-refractivity contribution in [3.8, 4) is 17.2 Å². The number of aliphatic hydroxyl groups is 4. The van der Waals surface area contributed by atoms with Crippen molar-refractivity contribution in [3.05, 3.63) is 51.6 Å². The zero-order valence-corrected chi connectivity index (χ0v) is 49.4. The van der Waals surface area contributed by atoms with Gasteiger partial charge >= 0.3 is 5.97 Å². The Morgan fingerprint density at radius 2 is 1.43 bits per heavy atom. The van der Waals surface area contributed by atoms with E-state index in [1.165, 1.54) is 171 Å². The normalized spacial score (nSPS) is 43.5. The van der Waals surface area contributed by atoms with Gasteiger partial charge in [-0.05, 0) is 240 Å². The van der Waals surface area contributed by atoms with Gasteiger partial charge in [-0.25, -0.2) is 4.79 Å². The number of carboxylic acid groups (broad SMARTS) is 1. The Morgan fingerprint density at radius 1 is 0.747 bits per heavy atom. The summed E-state index contributed by atoms with van der Waals surface area (Å²) in [7, 11) is 0. The number of hydrogen-bond acceptors (Lipinski definition) is 12. The van der Waals surface area contributed by atoms with E-state index in [0.29, 0.717) is 65.3 Å². The third-order valence-electron chi connectivity index (χ3n) is 28.2. The maximum absolute atomic E-state index is 13.5. The smallest absolute Gasteiger partial charge is 0.335 e. The number of allylic oxidation sites excluding steroid dienone is 2. The molecule has 13 nitrogen and oxygen atoms in total. The number of benzene rings is 2. The van der Waals surface area contributed by atoms with Crippen molar-refractivity contribution in [2.24, 2.45) is 67.0 Å². The fourth-order valence-corrected chi connectivity index (χ4v) is 26.0. The zero-order valence-electron chi connectivity index (χ0n) is 49.4. The van der Waals surface area contributed by atoms with Crippen LogP contribution in [-0.4, -0.2) is 110 Å². The monoisotopic (exact) mass is 1140 g/mol. The average molecular weight is 1140 g/mol. The van der Waals surface area contributed by atoms with Crippen LogP contribution in [0.1, 0.15) is 226 Å². The molecule has 14 aliphatic rings. The van der Waals surface area contributed by atoms with Crippen molar-refractivity contribution < 1.29 is 64.3 Å². The molecule has 16 rings (SSSR count). The second-order valence-electron chi connectivity index (χ2n) is 31.8. The molecule has 0 radical (unpaired) electrons. The van der Waals surface area contributed by atoms with E-state index in [2.05, 4.69) is 6.08 Å². The Balaban J connectivity index is 0.836. The van der Waals surface area contributed by atoms with Crippen LogP contribution in [0.2, 0.25) is 0 Å². The number of ketones is 1. The van der Waals surface area contributed by atoms with Crippen molar-refractivity contribution >= 4 is 22.5 Å². The minimum atomic E-state index is -1.79. The summed E-state index contributed by atoms with van der Waals surface area (Å²) in [5.41, 5.74) is 3.17. The van der Waals surface area contributed by atoms with Crippen LogP contribution in [0.25, 0.3) is 10.8 Å². The maximum Gasteiger partial charge on any atom is 0.335 e. The summed E-state index contributed by atoms with van der Waals surface area (Å²) in [5, 5.41) is 84.3. The lowest BCUT2D eigenvalue weighted by Crippen LogP contribution is -2.72. The van der Waals surface area contributed by atoms with E-state index in [1.807, 2.05) is 0 Å². The summed E-state index contributed by atoms with van der Waals surface area (Å²) in [6, 6.07) is 2.39. The highest BCUT2D eigenvalue weighted by Gasteiger charge is 2.79. The number of carbonyl (C=O) groups is 2. The molecule has 13 heteroatoms. The largest absolute Gasteiger partial charge is 0.507 e. The van der Waals surface area contributed by atoms with E-state index < -0.39 is 71.1 Å². The van der Waals surface area contributed by atoms with Gasteiger partial charge in [-0.1, -0.05) is 57.4 Å². The number of Topliss-reactive ketones (excluding diaryl/α,β-unsaturated/α-hetero) is 1. The van der Waals surface area contributed by atoms with E-state index in [0.717, 1.165) is 45.1 Å².